The average Bonchev–Trinajstić information content (AvgIpc) is 3.83. The lowest BCUT2D eigenvalue weighted by Crippen LogP contribution is -2.56. The molecule has 224 valence electrons. The lowest BCUT2D eigenvalue weighted by atomic mass is 9.96. The van der Waals surface area contributed by atoms with E-state index in [2.05, 4.69) is 16.0 Å². The van der Waals surface area contributed by atoms with Crippen molar-refractivity contribution < 1.29 is 38.1 Å². The molecule has 12 heteroatoms. The van der Waals surface area contributed by atoms with Crippen LogP contribution in [0.3, 0.4) is 0 Å². The maximum Gasteiger partial charge on any atom is 0.243 e. The lowest BCUT2D eigenvalue weighted by molar-refractivity contribution is -0.133. The van der Waals surface area contributed by atoms with E-state index in [0.29, 0.717) is 64.7 Å². The minimum atomic E-state index is -0.992. The minimum absolute atomic E-state index is 0.157. The topological polar surface area (TPSA) is 148 Å². The van der Waals surface area contributed by atoms with Gasteiger partial charge in [-0.15, -0.1) is 0 Å². The van der Waals surface area contributed by atoms with E-state index < -0.39 is 36.0 Å². The van der Waals surface area contributed by atoms with Crippen LogP contribution in [0.2, 0.25) is 0 Å². The third-order valence-corrected chi connectivity index (χ3v) is 7.31. The van der Waals surface area contributed by atoms with Crippen LogP contribution in [0.4, 0.5) is 0 Å². The van der Waals surface area contributed by atoms with Crippen molar-refractivity contribution in [2.75, 3.05) is 59.8 Å². The number of Topliss-reactive ketones (excluding diaryl/α,β-unsaturated/α-hetero) is 1. The summed E-state index contributed by atoms with van der Waals surface area (Å²) in [6.07, 6.45) is 2.61. The van der Waals surface area contributed by atoms with Crippen molar-refractivity contribution in [1.29, 1.82) is 0 Å². The second-order valence-corrected chi connectivity index (χ2v) is 10.5. The number of amides is 3. The summed E-state index contributed by atoms with van der Waals surface area (Å²) in [6.45, 7) is 5.51. The molecule has 2 saturated heterocycles. The van der Waals surface area contributed by atoms with Crippen LogP contribution in [0.15, 0.2) is 35.9 Å². The van der Waals surface area contributed by atoms with E-state index >= 15 is 0 Å². The summed E-state index contributed by atoms with van der Waals surface area (Å²) in [7, 11) is 1.56. The van der Waals surface area contributed by atoms with Gasteiger partial charge in [-0.25, -0.2) is 0 Å². The first-order valence-electron chi connectivity index (χ1n) is 14.1. The van der Waals surface area contributed by atoms with Gasteiger partial charge < -0.3 is 34.9 Å². The fraction of sp³-hybridized carbons (Fsp3) is 0.586. The monoisotopic (exact) mass is 572 g/mol. The Morgan fingerprint density at radius 1 is 0.951 bits per heavy atom. The predicted molar refractivity (Wildman–Crippen MR) is 148 cm³/mol. The third-order valence-electron chi connectivity index (χ3n) is 7.31. The predicted octanol–water partition coefficient (Wildman–Crippen LogP) is -0.251. The van der Waals surface area contributed by atoms with Crippen LogP contribution < -0.4 is 20.7 Å². The van der Waals surface area contributed by atoms with Crippen molar-refractivity contribution in [1.82, 2.24) is 20.9 Å². The fourth-order valence-electron chi connectivity index (χ4n) is 4.76. The number of morpholine rings is 1. The minimum Gasteiger partial charge on any atom is -0.497 e. The van der Waals surface area contributed by atoms with E-state index in [1.807, 2.05) is 23.1 Å². The van der Waals surface area contributed by atoms with Crippen LogP contribution in [0.1, 0.15) is 25.3 Å². The Hall–Kier alpha value is -3.32. The molecule has 3 aliphatic rings. The van der Waals surface area contributed by atoms with Crippen molar-refractivity contribution in [3.63, 3.8) is 0 Å². The molecule has 1 aromatic carbocycles. The Labute approximate surface area is 240 Å². The first-order valence-corrected chi connectivity index (χ1v) is 14.1. The van der Waals surface area contributed by atoms with Crippen LogP contribution >= 0.6 is 0 Å². The maximum absolute atomic E-state index is 13.6. The van der Waals surface area contributed by atoms with Gasteiger partial charge in [0.05, 0.1) is 52.7 Å². The summed E-state index contributed by atoms with van der Waals surface area (Å²) in [5.74, 6) is -0.813. The van der Waals surface area contributed by atoms with Gasteiger partial charge in [-0.05, 0) is 37.5 Å². The summed E-state index contributed by atoms with van der Waals surface area (Å²) >= 11 is 0. The van der Waals surface area contributed by atoms with Crippen molar-refractivity contribution in [3.05, 3.63) is 41.5 Å². The number of ether oxygens (including phenoxy) is 4. The van der Waals surface area contributed by atoms with Crippen molar-refractivity contribution in [2.24, 2.45) is 0 Å². The van der Waals surface area contributed by atoms with Gasteiger partial charge in [-0.2, -0.15) is 0 Å². The van der Waals surface area contributed by atoms with Gasteiger partial charge in [0.2, 0.25) is 17.7 Å². The molecule has 41 heavy (non-hydrogen) atoms. The quantitative estimate of drug-likeness (QED) is 0.203. The molecule has 2 fully saturated rings. The third kappa shape index (κ3) is 9.63. The Bertz CT molecular complexity index is 1100. The zero-order valence-electron chi connectivity index (χ0n) is 23.7. The van der Waals surface area contributed by atoms with Gasteiger partial charge in [-0.3, -0.25) is 24.1 Å². The van der Waals surface area contributed by atoms with Crippen molar-refractivity contribution in [2.45, 2.75) is 50.4 Å². The van der Waals surface area contributed by atoms with Crippen LogP contribution in [0.25, 0.3) is 0 Å². The van der Waals surface area contributed by atoms with Gasteiger partial charge in [0.1, 0.15) is 23.9 Å². The molecule has 3 aliphatic heterocycles. The molecule has 3 heterocycles. The normalized spacial score (nSPS) is 21.0. The number of epoxide rings is 1. The molecule has 0 aromatic heterocycles. The molecule has 0 bridgehead atoms. The standard InChI is InChI=1S/C29H40N4O8/c1-19(30-26(34)17-33-9-13-40-14-10-33)28(36)32-24(16-20-3-5-22(38-2)6-4-20)29(37)31-23(27(35)25-18-41-25)15-21-7-11-39-12-8-21/h3-7,19,23-25H,8-18H2,1-2H3,(H,30,34)(H,31,37)(H,32,36)/t19-,23-,24-,25+/m0/s1. The number of rotatable bonds is 14. The molecule has 12 nitrogen and oxygen atoms in total. The van der Waals surface area contributed by atoms with Crippen molar-refractivity contribution >= 4 is 23.5 Å². The number of nitrogens with one attached hydrogen (secondary N) is 3. The van der Waals surface area contributed by atoms with Gasteiger partial charge in [0.15, 0.2) is 5.78 Å². The average molecular weight is 573 g/mol. The molecule has 3 N–H and O–H groups in total. The highest BCUT2D eigenvalue weighted by molar-refractivity contribution is 5.96. The van der Waals surface area contributed by atoms with E-state index in [4.69, 9.17) is 18.9 Å². The highest BCUT2D eigenvalue weighted by atomic mass is 16.6. The number of methoxy groups -OCH3 is 1. The van der Waals surface area contributed by atoms with Crippen LogP contribution in [0, 0.1) is 0 Å². The Kier molecular flexibility index (Phi) is 11.3. The van der Waals surface area contributed by atoms with Gasteiger partial charge in [0, 0.05) is 19.5 Å². The first-order chi connectivity index (χ1) is 19.8. The van der Waals surface area contributed by atoms with Crippen LogP contribution in [0.5, 0.6) is 5.75 Å². The molecule has 0 radical (unpaired) electrons. The molecular weight excluding hydrogens is 532 g/mol. The van der Waals surface area contributed by atoms with E-state index in [9.17, 15) is 19.2 Å². The molecule has 4 atom stereocenters. The highest BCUT2D eigenvalue weighted by Crippen LogP contribution is 2.20. The van der Waals surface area contributed by atoms with Crippen LogP contribution in [-0.4, -0.2) is 112 Å². The number of hydrogen-bond donors (Lipinski definition) is 3. The number of nitrogens with zero attached hydrogens (tertiary/aromatic N) is 1. The summed E-state index contributed by atoms with van der Waals surface area (Å²) in [4.78, 5) is 54.3. The number of carbonyl (C=O) groups excluding carboxylic acids is 4. The van der Waals surface area contributed by atoms with E-state index in [1.54, 1.807) is 26.2 Å². The van der Waals surface area contributed by atoms with E-state index in [1.165, 1.54) is 0 Å². The second kappa shape index (κ2) is 15.1. The number of benzene rings is 1. The molecule has 0 spiro atoms. The number of ketones is 1. The van der Waals surface area contributed by atoms with Crippen molar-refractivity contribution in [3.8, 4) is 5.75 Å². The summed E-state index contributed by atoms with van der Waals surface area (Å²) in [5.41, 5.74) is 1.82. The van der Waals surface area contributed by atoms with E-state index in [0.717, 1.165) is 11.1 Å². The molecule has 0 unspecified atom stereocenters. The Morgan fingerprint density at radius 2 is 1.66 bits per heavy atom. The SMILES string of the molecule is COc1ccc(C[C@H](NC(=O)[C@H](C)NC(=O)CN2CCOCC2)C(=O)N[C@@H](CC2=CCOCC2)C(=O)[C@H]2CO2)cc1. The smallest absolute Gasteiger partial charge is 0.243 e. The van der Waals surface area contributed by atoms with Gasteiger partial charge in [-0.1, -0.05) is 23.8 Å². The second-order valence-electron chi connectivity index (χ2n) is 10.5. The zero-order chi connectivity index (χ0) is 29.2. The Balaban J connectivity index is 1.43. The highest BCUT2D eigenvalue weighted by Gasteiger charge is 2.38. The zero-order valence-corrected chi connectivity index (χ0v) is 23.7. The number of carbonyl (C=O) groups is 4. The lowest BCUT2D eigenvalue weighted by Gasteiger charge is -2.27. The summed E-state index contributed by atoms with van der Waals surface area (Å²) < 4.78 is 21.1. The first kappa shape index (κ1) is 30.6. The molecular formula is C29H40N4O8. The molecule has 3 amide bonds. The van der Waals surface area contributed by atoms with Gasteiger partial charge >= 0.3 is 0 Å². The fourth-order valence-corrected chi connectivity index (χ4v) is 4.76. The molecule has 0 saturated carbocycles. The maximum atomic E-state index is 13.6. The summed E-state index contributed by atoms with van der Waals surface area (Å²) in [5, 5.41) is 8.37. The molecule has 4 rings (SSSR count). The largest absolute Gasteiger partial charge is 0.497 e. The molecule has 0 aliphatic carbocycles. The Morgan fingerprint density at radius 3 is 2.29 bits per heavy atom. The number of hydrogen-bond acceptors (Lipinski definition) is 9. The van der Waals surface area contributed by atoms with Gasteiger partial charge in [0.25, 0.3) is 0 Å². The van der Waals surface area contributed by atoms with E-state index in [-0.39, 0.29) is 24.7 Å². The molecule has 1 aromatic rings. The summed E-state index contributed by atoms with van der Waals surface area (Å²) in [6, 6.07) is 4.51. The van der Waals surface area contributed by atoms with Crippen LogP contribution in [-0.2, 0) is 39.8 Å².